The van der Waals surface area contributed by atoms with Gasteiger partial charge in [0, 0.05) is 35.6 Å². The molecule has 0 bridgehead atoms. The maximum absolute atomic E-state index is 13.0. The first-order valence-corrected chi connectivity index (χ1v) is 8.38. The molecule has 2 fully saturated rings. The fourth-order valence-corrected chi connectivity index (χ4v) is 4.13. The van der Waals surface area contributed by atoms with Crippen LogP contribution in [-0.2, 0) is 0 Å². The molecule has 4 rings (SSSR count). The second-order valence-electron chi connectivity index (χ2n) is 6.04. The SMILES string of the molecule is NC[C@@H]1[C@H]2C[C@H]2CN1C(=O)c1ccccc1-c1csc(N)n1. The molecular formula is C16H18N4OS. The Morgan fingerprint density at radius 3 is 2.95 bits per heavy atom. The molecule has 1 aromatic heterocycles. The number of rotatable bonds is 3. The Labute approximate surface area is 132 Å². The van der Waals surface area contributed by atoms with Crippen molar-refractivity contribution in [2.45, 2.75) is 12.5 Å². The summed E-state index contributed by atoms with van der Waals surface area (Å²) in [5.74, 6) is 1.32. The number of nitrogens with two attached hydrogens (primary N) is 2. The topological polar surface area (TPSA) is 85.2 Å². The zero-order chi connectivity index (χ0) is 15.3. The van der Waals surface area contributed by atoms with Gasteiger partial charge in [-0.25, -0.2) is 4.98 Å². The van der Waals surface area contributed by atoms with Gasteiger partial charge in [0.05, 0.1) is 5.69 Å². The summed E-state index contributed by atoms with van der Waals surface area (Å²) in [4.78, 5) is 19.3. The first-order chi connectivity index (χ1) is 10.7. The maximum atomic E-state index is 13.0. The second kappa shape index (κ2) is 5.07. The number of nitrogen functional groups attached to an aromatic ring is 1. The number of benzene rings is 1. The van der Waals surface area contributed by atoms with E-state index in [9.17, 15) is 4.79 Å². The molecule has 1 saturated carbocycles. The molecule has 3 atom stereocenters. The largest absolute Gasteiger partial charge is 0.375 e. The van der Waals surface area contributed by atoms with Crippen molar-refractivity contribution in [3.63, 3.8) is 0 Å². The van der Waals surface area contributed by atoms with E-state index in [4.69, 9.17) is 11.5 Å². The van der Waals surface area contributed by atoms with Crippen molar-refractivity contribution in [2.24, 2.45) is 17.6 Å². The Balaban J connectivity index is 1.69. The molecule has 0 spiro atoms. The average molecular weight is 314 g/mol. The first-order valence-electron chi connectivity index (χ1n) is 7.50. The normalized spacial score (nSPS) is 26.0. The third kappa shape index (κ3) is 2.10. The van der Waals surface area contributed by atoms with Gasteiger partial charge in [-0.05, 0) is 24.3 Å². The summed E-state index contributed by atoms with van der Waals surface area (Å²) in [6.07, 6.45) is 1.22. The third-order valence-electron chi connectivity index (χ3n) is 4.76. The number of hydrogen-bond acceptors (Lipinski definition) is 5. The quantitative estimate of drug-likeness (QED) is 0.905. The molecule has 6 heteroatoms. The number of hydrogen-bond donors (Lipinski definition) is 2. The minimum atomic E-state index is 0.0600. The van der Waals surface area contributed by atoms with E-state index in [0.717, 1.165) is 17.8 Å². The Kier molecular flexibility index (Phi) is 3.16. The van der Waals surface area contributed by atoms with Crippen molar-refractivity contribution in [2.75, 3.05) is 18.8 Å². The number of carbonyl (C=O) groups excluding carboxylic acids is 1. The van der Waals surface area contributed by atoms with E-state index in [2.05, 4.69) is 4.98 Å². The smallest absolute Gasteiger partial charge is 0.254 e. The molecule has 2 heterocycles. The molecule has 1 aromatic carbocycles. The summed E-state index contributed by atoms with van der Waals surface area (Å²) >= 11 is 1.39. The number of piperidine rings is 1. The van der Waals surface area contributed by atoms with Gasteiger partial charge in [0.2, 0.25) is 0 Å². The van der Waals surface area contributed by atoms with Crippen molar-refractivity contribution < 1.29 is 4.79 Å². The molecule has 2 aromatic rings. The van der Waals surface area contributed by atoms with Crippen LogP contribution in [0.5, 0.6) is 0 Å². The number of fused-ring (bicyclic) bond motifs is 1. The lowest BCUT2D eigenvalue weighted by Gasteiger charge is -2.27. The lowest BCUT2D eigenvalue weighted by molar-refractivity contribution is 0.0713. The van der Waals surface area contributed by atoms with Crippen LogP contribution in [0.25, 0.3) is 11.3 Å². The second-order valence-corrected chi connectivity index (χ2v) is 6.93. The van der Waals surface area contributed by atoms with Crippen LogP contribution >= 0.6 is 11.3 Å². The third-order valence-corrected chi connectivity index (χ3v) is 5.43. The fourth-order valence-electron chi connectivity index (χ4n) is 3.57. The summed E-state index contributed by atoms with van der Waals surface area (Å²) < 4.78 is 0. The molecule has 5 nitrogen and oxygen atoms in total. The molecule has 1 saturated heterocycles. The van der Waals surface area contributed by atoms with E-state index in [-0.39, 0.29) is 11.9 Å². The molecule has 1 aliphatic carbocycles. The molecule has 1 aliphatic heterocycles. The van der Waals surface area contributed by atoms with Crippen LogP contribution in [0.4, 0.5) is 5.13 Å². The van der Waals surface area contributed by atoms with Gasteiger partial charge in [-0.15, -0.1) is 11.3 Å². The van der Waals surface area contributed by atoms with Crippen LogP contribution in [0.1, 0.15) is 16.8 Å². The highest BCUT2D eigenvalue weighted by Gasteiger charge is 2.53. The van der Waals surface area contributed by atoms with Crippen molar-refractivity contribution >= 4 is 22.4 Å². The number of likely N-dealkylation sites (tertiary alicyclic amines) is 1. The van der Waals surface area contributed by atoms with Gasteiger partial charge < -0.3 is 16.4 Å². The average Bonchev–Trinajstić information content (AvgIpc) is 3.01. The van der Waals surface area contributed by atoms with Crippen molar-refractivity contribution in [3.05, 3.63) is 35.2 Å². The highest BCUT2D eigenvalue weighted by Crippen LogP contribution is 2.49. The number of anilines is 1. The van der Waals surface area contributed by atoms with Crippen molar-refractivity contribution in [1.29, 1.82) is 0 Å². The van der Waals surface area contributed by atoms with Gasteiger partial charge in [0.15, 0.2) is 5.13 Å². The lowest BCUT2D eigenvalue weighted by atomic mass is 10.0. The van der Waals surface area contributed by atoms with Crippen LogP contribution < -0.4 is 11.5 Å². The van der Waals surface area contributed by atoms with E-state index in [1.807, 2.05) is 34.5 Å². The first kappa shape index (κ1) is 13.7. The van der Waals surface area contributed by atoms with Crippen LogP contribution in [0.3, 0.4) is 0 Å². The van der Waals surface area contributed by atoms with E-state index >= 15 is 0 Å². The summed E-state index contributed by atoms with van der Waals surface area (Å²) in [6, 6.07) is 7.79. The summed E-state index contributed by atoms with van der Waals surface area (Å²) in [5, 5.41) is 2.41. The van der Waals surface area contributed by atoms with E-state index < -0.39 is 0 Å². The number of amides is 1. The minimum Gasteiger partial charge on any atom is -0.375 e. The minimum absolute atomic E-state index is 0.0600. The molecule has 0 unspecified atom stereocenters. The van der Waals surface area contributed by atoms with Crippen LogP contribution in [0.15, 0.2) is 29.6 Å². The number of aromatic nitrogens is 1. The van der Waals surface area contributed by atoms with E-state index in [0.29, 0.717) is 29.1 Å². The summed E-state index contributed by atoms with van der Waals surface area (Å²) in [6.45, 7) is 1.37. The van der Waals surface area contributed by atoms with E-state index in [1.165, 1.54) is 17.8 Å². The highest BCUT2D eigenvalue weighted by atomic mass is 32.1. The Hall–Kier alpha value is -1.92. The Bertz CT molecular complexity index is 728. The molecule has 114 valence electrons. The van der Waals surface area contributed by atoms with Gasteiger partial charge in [-0.3, -0.25) is 4.79 Å². The van der Waals surface area contributed by atoms with Crippen molar-refractivity contribution in [3.8, 4) is 11.3 Å². The standard InChI is InChI=1S/C16H18N4OS/c17-6-14-12-5-9(12)7-20(14)15(21)11-4-2-1-3-10(11)13-8-22-16(18)19-13/h1-4,8-9,12,14H,5-7,17H2,(H2,18,19)/t9-,12-,14+/m0/s1. The molecule has 22 heavy (non-hydrogen) atoms. The van der Waals surface area contributed by atoms with Crippen LogP contribution in [0.2, 0.25) is 0 Å². The molecular weight excluding hydrogens is 296 g/mol. The molecule has 1 amide bonds. The van der Waals surface area contributed by atoms with E-state index in [1.54, 1.807) is 0 Å². The van der Waals surface area contributed by atoms with Crippen molar-refractivity contribution in [1.82, 2.24) is 9.88 Å². The lowest BCUT2D eigenvalue weighted by Crippen LogP contribution is -2.42. The number of nitrogens with zero attached hydrogens (tertiary/aromatic N) is 2. The summed E-state index contributed by atoms with van der Waals surface area (Å²) in [5.41, 5.74) is 13.9. The molecule has 4 N–H and O–H groups in total. The Morgan fingerprint density at radius 1 is 1.41 bits per heavy atom. The predicted octanol–water partition coefficient (Wildman–Crippen LogP) is 1.81. The zero-order valence-electron chi connectivity index (χ0n) is 12.1. The summed E-state index contributed by atoms with van der Waals surface area (Å²) in [7, 11) is 0. The maximum Gasteiger partial charge on any atom is 0.254 e. The number of carbonyl (C=O) groups is 1. The van der Waals surface area contributed by atoms with Gasteiger partial charge >= 0.3 is 0 Å². The fraction of sp³-hybridized carbons (Fsp3) is 0.375. The molecule has 2 aliphatic rings. The predicted molar refractivity (Wildman–Crippen MR) is 87.4 cm³/mol. The van der Waals surface area contributed by atoms with Crippen LogP contribution in [-0.4, -0.2) is 34.9 Å². The van der Waals surface area contributed by atoms with Gasteiger partial charge in [-0.1, -0.05) is 18.2 Å². The van der Waals surface area contributed by atoms with Crippen LogP contribution in [0, 0.1) is 11.8 Å². The van der Waals surface area contributed by atoms with Gasteiger partial charge in [0.1, 0.15) is 0 Å². The van der Waals surface area contributed by atoms with Gasteiger partial charge in [0.25, 0.3) is 5.91 Å². The zero-order valence-corrected chi connectivity index (χ0v) is 12.9. The Morgan fingerprint density at radius 2 is 2.23 bits per heavy atom. The van der Waals surface area contributed by atoms with Gasteiger partial charge in [-0.2, -0.15) is 0 Å². The monoisotopic (exact) mass is 314 g/mol. The molecule has 0 radical (unpaired) electrons. The highest BCUT2D eigenvalue weighted by molar-refractivity contribution is 7.13. The number of thiazole rings is 1.